The van der Waals surface area contributed by atoms with E-state index in [0.29, 0.717) is 19.5 Å². The average molecular weight is 306 g/mol. The number of alkyl halides is 6. The average Bonchev–Trinajstić information content (AvgIpc) is 2.23. The second-order valence-electron chi connectivity index (χ2n) is 4.99. The van der Waals surface area contributed by atoms with Crippen molar-refractivity contribution in [3.63, 3.8) is 0 Å². The van der Waals surface area contributed by atoms with Crippen LogP contribution in [0.4, 0.5) is 26.3 Å². The van der Waals surface area contributed by atoms with E-state index in [-0.39, 0.29) is 18.4 Å². The molecule has 0 saturated carbocycles. The standard InChI is InChI=1S/C11H16F6N2O/c1-6-4-18-3-2-7(6)5-19-9(20)8(10(12,13)14)11(15,16)17/h6-8,18H,2-5H2,1H3,(H,19,20). The van der Waals surface area contributed by atoms with Gasteiger partial charge in [0.15, 0.2) is 0 Å². The van der Waals surface area contributed by atoms with E-state index in [1.54, 1.807) is 5.32 Å². The van der Waals surface area contributed by atoms with Gasteiger partial charge in [-0.1, -0.05) is 6.92 Å². The predicted octanol–water partition coefficient (Wildman–Crippen LogP) is 2.09. The Morgan fingerprint density at radius 3 is 2.25 bits per heavy atom. The minimum Gasteiger partial charge on any atom is -0.355 e. The number of carbonyl (C=O) groups excluding carboxylic acids is 1. The maximum absolute atomic E-state index is 12.3. The Morgan fingerprint density at radius 1 is 1.25 bits per heavy atom. The van der Waals surface area contributed by atoms with Crippen LogP contribution in [0.3, 0.4) is 0 Å². The lowest BCUT2D eigenvalue weighted by Crippen LogP contribution is -2.50. The molecule has 2 unspecified atom stereocenters. The monoisotopic (exact) mass is 306 g/mol. The van der Waals surface area contributed by atoms with E-state index < -0.39 is 24.2 Å². The summed E-state index contributed by atoms with van der Waals surface area (Å²) in [4.78, 5) is 11.2. The first-order chi connectivity index (χ1) is 9.03. The predicted molar refractivity (Wildman–Crippen MR) is 58.8 cm³/mol. The molecule has 0 aliphatic carbocycles. The minimum absolute atomic E-state index is 0.0827. The van der Waals surface area contributed by atoms with Crippen LogP contribution in [0.2, 0.25) is 0 Å². The molecular weight excluding hydrogens is 290 g/mol. The maximum Gasteiger partial charge on any atom is 0.409 e. The zero-order chi connectivity index (χ0) is 15.6. The third kappa shape index (κ3) is 4.53. The number of nitrogens with one attached hydrogen (secondary N) is 2. The van der Waals surface area contributed by atoms with Crippen molar-refractivity contribution >= 4 is 5.91 Å². The summed E-state index contributed by atoms with van der Waals surface area (Å²) in [6.07, 6.45) is -10.7. The van der Waals surface area contributed by atoms with Crippen LogP contribution in [-0.2, 0) is 4.79 Å². The Hall–Kier alpha value is -0.990. The van der Waals surface area contributed by atoms with E-state index in [1.807, 2.05) is 6.92 Å². The van der Waals surface area contributed by atoms with E-state index in [1.165, 1.54) is 0 Å². The lowest BCUT2D eigenvalue weighted by Gasteiger charge is -2.30. The van der Waals surface area contributed by atoms with Crippen LogP contribution in [0.1, 0.15) is 13.3 Å². The van der Waals surface area contributed by atoms with Crippen LogP contribution in [0.25, 0.3) is 0 Å². The van der Waals surface area contributed by atoms with Gasteiger partial charge in [0.25, 0.3) is 0 Å². The van der Waals surface area contributed by atoms with Crippen LogP contribution < -0.4 is 10.6 Å². The van der Waals surface area contributed by atoms with Gasteiger partial charge in [0.1, 0.15) is 0 Å². The molecule has 1 aliphatic rings. The van der Waals surface area contributed by atoms with Gasteiger partial charge in [-0.3, -0.25) is 4.79 Å². The number of rotatable bonds is 3. The third-order valence-corrected chi connectivity index (χ3v) is 3.42. The van der Waals surface area contributed by atoms with Gasteiger partial charge in [0.2, 0.25) is 11.8 Å². The molecule has 0 aromatic carbocycles. The van der Waals surface area contributed by atoms with Crippen molar-refractivity contribution in [2.75, 3.05) is 19.6 Å². The van der Waals surface area contributed by atoms with Crippen LogP contribution in [0.15, 0.2) is 0 Å². The molecule has 20 heavy (non-hydrogen) atoms. The summed E-state index contributed by atoms with van der Waals surface area (Å²) in [7, 11) is 0. The first-order valence-electron chi connectivity index (χ1n) is 6.15. The van der Waals surface area contributed by atoms with Gasteiger partial charge < -0.3 is 10.6 Å². The highest BCUT2D eigenvalue weighted by molar-refractivity contribution is 5.80. The van der Waals surface area contributed by atoms with E-state index in [2.05, 4.69) is 5.32 Å². The highest BCUT2D eigenvalue weighted by atomic mass is 19.4. The number of amides is 1. The molecule has 1 heterocycles. The molecule has 2 atom stereocenters. The Balaban J connectivity index is 2.63. The van der Waals surface area contributed by atoms with Gasteiger partial charge >= 0.3 is 12.4 Å². The van der Waals surface area contributed by atoms with Gasteiger partial charge in [-0.2, -0.15) is 26.3 Å². The summed E-state index contributed by atoms with van der Waals surface area (Å²) in [6, 6.07) is 0. The van der Waals surface area contributed by atoms with E-state index in [0.717, 1.165) is 0 Å². The summed E-state index contributed by atoms with van der Waals surface area (Å²) in [5.74, 6) is -6.04. The maximum atomic E-state index is 12.3. The first-order valence-corrected chi connectivity index (χ1v) is 6.15. The molecule has 1 saturated heterocycles. The molecule has 9 heteroatoms. The van der Waals surface area contributed by atoms with Crippen molar-refractivity contribution in [1.82, 2.24) is 10.6 Å². The minimum atomic E-state index is -5.64. The number of halogens is 6. The molecule has 1 amide bonds. The Labute approximate surface area is 112 Å². The van der Waals surface area contributed by atoms with E-state index >= 15 is 0 Å². The van der Waals surface area contributed by atoms with E-state index in [9.17, 15) is 31.1 Å². The van der Waals surface area contributed by atoms with Crippen LogP contribution in [0, 0.1) is 17.8 Å². The second kappa shape index (κ2) is 6.19. The smallest absolute Gasteiger partial charge is 0.355 e. The lowest BCUT2D eigenvalue weighted by molar-refractivity contribution is -0.274. The van der Waals surface area contributed by atoms with Gasteiger partial charge in [-0.25, -0.2) is 0 Å². The van der Waals surface area contributed by atoms with Crippen molar-refractivity contribution < 1.29 is 31.1 Å². The Kier molecular flexibility index (Phi) is 5.28. The third-order valence-electron chi connectivity index (χ3n) is 3.42. The fraction of sp³-hybridized carbons (Fsp3) is 0.909. The molecule has 1 aliphatic heterocycles. The van der Waals surface area contributed by atoms with Crippen molar-refractivity contribution in [2.24, 2.45) is 17.8 Å². The van der Waals surface area contributed by atoms with Crippen LogP contribution in [0.5, 0.6) is 0 Å². The van der Waals surface area contributed by atoms with Crippen LogP contribution >= 0.6 is 0 Å². The SMILES string of the molecule is CC1CNCCC1CNC(=O)C(C(F)(F)F)C(F)(F)F. The Bertz CT molecular complexity index is 327. The number of hydrogen-bond donors (Lipinski definition) is 2. The van der Waals surface area contributed by atoms with Gasteiger partial charge in [-0.15, -0.1) is 0 Å². The fourth-order valence-electron chi connectivity index (χ4n) is 2.19. The van der Waals surface area contributed by atoms with Crippen molar-refractivity contribution in [1.29, 1.82) is 0 Å². The first kappa shape index (κ1) is 17.1. The fourth-order valence-corrected chi connectivity index (χ4v) is 2.19. The largest absolute Gasteiger partial charge is 0.409 e. The summed E-state index contributed by atoms with van der Waals surface area (Å²) >= 11 is 0. The molecule has 0 bridgehead atoms. The number of hydrogen-bond acceptors (Lipinski definition) is 2. The highest BCUT2D eigenvalue weighted by Gasteiger charge is 2.61. The molecule has 118 valence electrons. The summed E-state index contributed by atoms with van der Waals surface area (Å²) in [6.45, 7) is 2.91. The van der Waals surface area contributed by atoms with Crippen molar-refractivity contribution in [3.8, 4) is 0 Å². The second-order valence-corrected chi connectivity index (χ2v) is 4.99. The van der Waals surface area contributed by atoms with Gasteiger partial charge in [-0.05, 0) is 31.3 Å². The van der Waals surface area contributed by atoms with Crippen molar-refractivity contribution in [3.05, 3.63) is 0 Å². The van der Waals surface area contributed by atoms with Crippen LogP contribution in [-0.4, -0.2) is 37.9 Å². The zero-order valence-corrected chi connectivity index (χ0v) is 10.7. The van der Waals surface area contributed by atoms with Gasteiger partial charge in [0, 0.05) is 6.54 Å². The normalized spacial score (nSPS) is 24.8. The molecular formula is C11H16F6N2O. The number of carbonyl (C=O) groups is 1. The molecule has 3 nitrogen and oxygen atoms in total. The number of piperidine rings is 1. The molecule has 1 fully saturated rings. The van der Waals surface area contributed by atoms with Crippen molar-refractivity contribution in [2.45, 2.75) is 25.7 Å². The summed E-state index contributed by atoms with van der Waals surface area (Å²) in [5.41, 5.74) is 0. The summed E-state index contributed by atoms with van der Waals surface area (Å²) < 4.78 is 73.9. The van der Waals surface area contributed by atoms with E-state index in [4.69, 9.17) is 0 Å². The topological polar surface area (TPSA) is 41.1 Å². The quantitative estimate of drug-likeness (QED) is 0.784. The Morgan fingerprint density at radius 2 is 1.80 bits per heavy atom. The molecule has 0 spiro atoms. The molecule has 0 radical (unpaired) electrons. The highest BCUT2D eigenvalue weighted by Crippen LogP contribution is 2.39. The van der Waals surface area contributed by atoms with Gasteiger partial charge in [0.05, 0.1) is 0 Å². The molecule has 2 N–H and O–H groups in total. The lowest BCUT2D eigenvalue weighted by atomic mass is 9.88. The zero-order valence-electron chi connectivity index (χ0n) is 10.7. The molecule has 0 aromatic heterocycles. The summed E-state index contributed by atoms with van der Waals surface area (Å²) in [5, 5.41) is 4.84. The molecule has 0 aromatic rings. The molecule has 1 rings (SSSR count).